The molecule has 0 radical (unpaired) electrons. The first-order valence-electron chi connectivity index (χ1n) is 4.13. The summed E-state index contributed by atoms with van der Waals surface area (Å²) < 4.78 is 46.5. The first-order chi connectivity index (χ1) is 6.53. The third kappa shape index (κ3) is 4.01. The smallest absolute Gasteiger partial charge is 0.268 e. The Balaban J connectivity index is 2.29. The summed E-state index contributed by atoms with van der Waals surface area (Å²) in [6, 6.07) is 0. The lowest BCUT2D eigenvalue weighted by atomic mass is 10.5. The second-order valence-electron chi connectivity index (χ2n) is 2.75. The summed E-state index contributed by atoms with van der Waals surface area (Å²) in [7, 11) is -3.48. The second kappa shape index (κ2) is 5.17. The van der Waals surface area contributed by atoms with E-state index in [2.05, 4.69) is 4.18 Å². The molecule has 1 aliphatic heterocycles. The van der Waals surface area contributed by atoms with Gasteiger partial charge in [0.1, 0.15) is 11.9 Å². The van der Waals surface area contributed by atoms with Gasteiger partial charge in [0.25, 0.3) is 10.1 Å². The fourth-order valence-corrected chi connectivity index (χ4v) is 2.71. The first-order valence-corrected chi connectivity index (χ1v) is 6.70. The molecule has 1 heterocycles. The molecular formula is C6H12O6S2. The lowest BCUT2D eigenvalue weighted by Gasteiger charge is -2.05. The lowest BCUT2D eigenvalue weighted by molar-refractivity contribution is 0.166. The van der Waals surface area contributed by atoms with Crippen LogP contribution in [-0.2, 0) is 34.0 Å². The molecule has 0 aliphatic carbocycles. The molecule has 2 atom stereocenters. The Hall–Kier alpha value is -0.0200. The highest BCUT2D eigenvalue weighted by atomic mass is 32.2. The lowest BCUT2D eigenvalue weighted by Crippen LogP contribution is -2.19. The highest BCUT2D eigenvalue weighted by molar-refractivity contribution is 7.87. The van der Waals surface area contributed by atoms with Gasteiger partial charge in [-0.3, -0.25) is 12.5 Å². The van der Waals surface area contributed by atoms with Crippen LogP contribution in [0, 0.1) is 0 Å². The molecule has 1 fully saturated rings. The van der Waals surface area contributed by atoms with Crippen LogP contribution < -0.4 is 0 Å². The molecule has 8 heteroatoms. The molecule has 0 aromatic rings. The van der Waals surface area contributed by atoms with Crippen LogP contribution in [0.15, 0.2) is 0 Å². The molecule has 0 spiro atoms. The predicted molar refractivity (Wildman–Crippen MR) is 49.0 cm³/mol. The summed E-state index contributed by atoms with van der Waals surface area (Å²) in [5.41, 5.74) is 0. The third-order valence-corrected chi connectivity index (χ3v) is 3.49. The highest BCUT2D eigenvalue weighted by Gasteiger charge is 2.31. The number of hydrogen-bond acceptors (Lipinski definition) is 6. The average molecular weight is 244 g/mol. The van der Waals surface area contributed by atoms with Crippen molar-refractivity contribution < 1.29 is 25.2 Å². The van der Waals surface area contributed by atoms with Gasteiger partial charge in [0, 0.05) is 0 Å². The predicted octanol–water partition coefficient (Wildman–Crippen LogP) is -0.263. The van der Waals surface area contributed by atoms with E-state index in [0.29, 0.717) is 13.0 Å². The molecule has 0 saturated carbocycles. The number of rotatable bonds is 5. The zero-order chi connectivity index (χ0) is 10.6. The van der Waals surface area contributed by atoms with E-state index in [1.54, 1.807) is 0 Å². The summed E-state index contributed by atoms with van der Waals surface area (Å²) in [6.45, 7) is 2.08. The minimum atomic E-state index is -3.48. The Morgan fingerprint density at radius 1 is 1.57 bits per heavy atom. The van der Waals surface area contributed by atoms with Crippen molar-refractivity contribution in [2.45, 2.75) is 19.4 Å². The van der Waals surface area contributed by atoms with Gasteiger partial charge >= 0.3 is 11.4 Å². The van der Waals surface area contributed by atoms with Crippen LogP contribution in [0.4, 0.5) is 0 Å². The van der Waals surface area contributed by atoms with E-state index >= 15 is 0 Å². The molecule has 0 N–H and O–H groups in total. The maximum Gasteiger partial charge on any atom is 0.304 e. The maximum atomic E-state index is 11.0. The van der Waals surface area contributed by atoms with Crippen LogP contribution in [0.3, 0.4) is 0 Å². The maximum absolute atomic E-state index is 11.0. The minimum Gasteiger partial charge on any atom is -0.268 e. The SMILES string of the molecule is CCCOS(=O)OC1COS(=O)(=O)C1. The molecule has 1 rings (SSSR count). The summed E-state index contributed by atoms with van der Waals surface area (Å²) in [5.74, 6) is -0.270. The van der Waals surface area contributed by atoms with Crippen LogP contribution in [0.1, 0.15) is 13.3 Å². The van der Waals surface area contributed by atoms with Crippen molar-refractivity contribution in [2.75, 3.05) is 19.0 Å². The monoisotopic (exact) mass is 244 g/mol. The Kier molecular flexibility index (Phi) is 4.45. The second-order valence-corrected chi connectivity index (χ2v) is 5.27. The third-order valence-electron chi connectivity index (χ3n) is 1.42. The largest absolute Gasteiger partial charge is 0.304 e. The van der Waals surface area contributed by atoms with Gasteiger partial charge in [0.2, 0.25) is 0 Å². The molecule has 6 nitrogen and oxygen atoms in total. The molecular weight excluding hydrogens is 232 g/mol. The van der Waals surface area contributed by atoms with Crippen LogP contribution in [0.2, 0.25) is 0 Å². The van der Waals surface area contributed by atoms with E-state index in [-0.39, 0.29) is 12.4 Å². The summed E-state index contributed by atoms with van der Waals surface area (Å²) in [4.78, 5) is 0. The van der Waals surface area contributed by atoms with Crippen LogP contribution >= 0.6 is 0 Å². The first kappa shape index (κ1) is 12.1. The van der Waals surface area contributed by atoms with Crippen molar-refractivity contribution in [3.8, 4) is 0 Å². The molecule has 14 heavy (non-hydrogen) atoms. The van der Waals surface area contributed by atoms with Crippen molar-refractivity contribution in [2.24, 2.45) is 0 Å². The van der Waals surface area contributed by atoms with Gasteiger partial charge in [-0.1, -0.05) is 6.92 Å². The molecule has 2 unspecified atom stereocenters. The average Bonchev–Trinajstić information content (AvgIpc) is 2.42. The van der Waals surface area contributed by atoms with E-state index in [0.717, 1.165) is 0 Å². The minimum absolute atomic E-state index is 0.0937. The molecule has 0 aromatic carbocycles. The van der Waals surface area contributed by atoms with Gasteiger partial charge in [-0.25, -0.2) is 0 Å². The van der Waals surface area contributed by atoms with Crippen molar-refractivity contribution in [3.63, 3.8) is 0 Å². The van der Waals surface area contributed by atoms with E-state index in [4.69, 9.17) is 8.37 Å². The van der Waals surface area contributed by atoms with Crippen molar-refractivity contribution in [1.82, 2.24) is 0 Å². The van der Waals surface area contributed by atoms with E-state index in [1.165, 1.54) is 0 Å². The Bertz CT molecular complexity index is 297. The van der Waals surface area contributed by atoms with Gasteiger partial charge < -0.3 is 0 Å². The van der Waals surface area contributed by atoms with E-state index < -0.39 is 27.6 Å². The normalized spacial score (nSPS) is 27.6. The van der Waals surface area contributed by atoms with E-state index in [1.807, 2.05) is 6.92 Å². The van der Waals surface area contributed by atoms with Crippen LogP contribution in [0.25, 0.3) is 0 Å². The number of hydrogen-bond donors (Lipinski definition) is 0. The highest BCUT2D eigenvalue weighted by Crippen LogP contribution is 2.12. The van der Waals surface area contributed by atoms with Gasteiger partial charge in [0.05, 0.1) is 13.2 Å². The Morgan fingerprint density at radius 2 is 2.29 bits per heavy atom. The molecule has 1 aliphatic rings. The topological polar surface area (TPSA) is 78.9 Å². The van der Waals surface area contributed by atoms with Crippen molar-refractivity contribution in [1.29, 1.82) is 0 Å². The summed E-state index contributed by atoms with van der Waals surface area (Å²) >= 11 is -1.89. The van der Waals surface area contributed by atoms with Crippen LogP contribution in [-0.4, -0.2) is 37.7 Å². The van der Waals surface area contributed by atoms with Gasteiger partial charge in [-0.2, -0.15) is 12.6 Å². The Labute approximate surface area is 85.5 Å². The standard InChI is InChI=1S/C6H12O6S2/c1-2-3-10-13(7)12-6-4-11-14(8,9)5-6/h6H,2-5H2,1H3. The molecule has 0 aromatic heterocycles. The van der Waals surface area contributed by atoms with E-state index in [9.17, 15) is 12.6 Å². The van der Waals surface area contributed by atoms with Gasteiger partial charge in [-0.15, -0.1) is 0 Å². The summed E-state index contributed by atoms with van der Waals surface area (Å²) in [5, 5.41) is 0. The summed E-state index contributed by atoms with van der Waals surface area (Å²) in [6.07, 6.45) is 0.0202. The van der Waals surface area contributed by atoms with Crippen LogP contribution in [0.5, 0.6) is 0 Å². The fourth-order valence-electron chi connectivity index (χ4n) is 0.849. The Morgan fingerprint density at radius 3 is 2.79 bits per heavy atom. The molecule has 84 valence electrons. The zero-order valence-electron chi connectivity index (χ0n) is 7.67. The zero-order valence-corrected chi connectivity index (χ0v) is 9.30. The fraction of sp³-hybridized carbons (Fsp3) is 1.00. The van der Waals surface area contributed by atoms with Crippen molar-refractivity contribution >= 4 is 21.5 Å². The quantitative estimate of drug-likeness (QED) is 0.620. The molecule has 0 amide bonds. The molecule has 0 bridgehead atoms. The van der Waals surface area contributed by atoms with Gasteiger partial charge in [-0.05, 0) is 6.42 Å². The van der Waals surface area contributed by atoms with Gasteiger partial charge in [0.15, 0.2) is 0 Å². The van der Waals surface area contributed by atoms with Crippen molar-refractivity contribution in [3.05, 3.63) is 0 Å². The molecule has 1 saturated heterocycles.